The van der Waals surface area contributed by atoms with Crippen LogP contribution < -0.4 is 20.3 Å². The molecular weight excluding hydrogens is 556 g/mol. The zero-order chi connectivity index (χ0) is 27.7. The van der Waals surface area contributed by atoms with E-state index in [1.54, 1.807) is 23.1 Å². The van der Waals surface area contributed by atoms with Gasteiger partial charge in [-0.05, 0) is 24.3 Å². The lowest BCUT2D eigenvalue weighted by Gasteiger charge is -2.33. The number of hydrogen-bond donors (Lipinski definition) is 1. The SMILES string of the molecule is NCC(=O)OCC(=O)N(C[C@@H]1OC(=O)N2c3ccc(N4CCOCC4=O)cc3OC[C@@H]12)C(=O)c1ccc(Cl)s1. The molecule has 2 fully saturated rings. The summed E-state index contributed by atoms with van der Waals surface area (Å²) in [5.74, 6) is -2.13. The molecule has 0 unspecified atom stereocenters. The van der Waals surface area contributed by atoms with Crippen LogP contribution in [0.5, 0.6) is 5.75 Å². The van der Waals surface area contributed by atoms with Gasteiger partial charge in [0.05, 0.1) is 34.6 Å². The number of rotatable bonds is 7. The predicted octanol–water partition coefficient (Wildman–Crippen LogP) is 1.02. The topological polar surface area (TPSA) is 158 Å². The average molecular weight is 579 g/mol. The summed E-state index contributed by atoms with van der Waals surface area (Å²) in [4.78, 5) is 66.9. The molecule has 4 amide bonds. The van der Waals surface area contributed by atoms with Gasteiger partial charge in [0, 0.05) is 18.3 Å². The number of thiophene rings is 1. The van der Waals surface area contributed by atoms with Crippen molar-refractivity contribution in [1.82, 2.24) is 4.90 Å². The Bertz CT molecular complexity index is 1330. The van der Waals surface area contributed by atoms with Crippen molar-refractivity contribution >= 4 is 64.1 Å². The fourth-order valence-electron chi connectivity index (χ4n) is 4.46. The summed E-state index contributed by atoms with van der Waals surface area (Å²) in [6.45, 7) is -0.690. The number of anilines is 2. The third kappa shape index (κ3) is 5.41. The van der Waals surface area contributed by atoms with E-state index in [1.165, 1.54) is 17.0 Å². The zero-order valence-electron chi connectivity index (χ0n) is 20.4. The number of nitrogens with zero attached hydrogens (tertiary/aromatic N) is 3. The molecule has 206 valence electrons. The summed E-state index contributed by atoms with van der Waals surface area (Å²) in [7, 11) is 0. The minimum atomic E-state index is -0.945. The minimum Gasteiger partial charge on any atom is -0.489 e. The van der Waals surface area contributed by atoms with Crippen LogP contribution >= 0.6 is 22.9 Å². The Morgan fingerprint density at radius 2 is 2.03 bits per heavy atom. The van der Waals surface area contributed by atoms with Gasteiger partial charge in [-0.1, -0.05) is 11.6 Å². The van der Waals surface area contributed by atoms with Crippen molar-refractivity contribution in [2.24, 2.45) is 5.73 Å². The van der Waals surface area contributed by atoms with Crippen LogP contribution in [0.15, 0.2) is 30.3 Å². The number of imide groups is 1. The molecule has 5 rings (SSSR count). The van der Waals surface area contributed by atoms with Crippen LogP contribution in [0.1, 0.15) is 9.67 Å². The first-order valence-electron chi connectivity index (χ1n) is 11.9. The Balaban J connectivity index is 1.36. The van der Waals surface area contributed by atoms with Crippen molar-refractivity contribution in [3.05, 3.63) is 39.5 Å². The number of nitrogens with two attached hydrogens (primary N) is 1. The van der Waals surface area contributed by atoms with E-state index >= 15 is 0 Å². The van der Waals surface area contributed by atoms with Crippen molar-refractivity contribution in [2.75, 3.05) is 55.9 Å². The van der Waals surface area contributed by atoms with Crippen LogP contribution in [0.2, 0.25) is 4.34 Å². The van der Waals surface area contributed by atoms with E-state index in [0.29, 0.717) is 34.6 Å². The number of amides is 4. The monoisotopic (exact) mass is 578 g/mol. The maximum atomic E-state index is 13.2. The lowest BCUT2D eigenvalue weighted by atomic mass is 10.1. The van der Waals surface area contributed by atoms with Gasteiger partial charge in [-0.15, -0.1) is 11.3 Å². The molecule has 3 aliphatic heterocycles. The van der Waals surface area contributed by atoms with Crippen LogP contribution in [0, 0.1) is 0 Å². The van der Waals surface area contributed by atoms with Crippen LogP contribution in [0.25, 0.3) is 0 Å². The maximum absolute atomic E-state index is 13.2. The van der Waals surface area contributed by atoms with E-state index in [4.69, 9.17) is 36.3 Å². The van der Waals surface area contributed by atoms with E-state index in [2.05, 4.69) is 0 Å². The molecule has 3 aliphatic rings. The fourth-order valence-corrected chi connectivity index (χ4v) is 5.45. The molecule has 39 heavy (non-hydrogen) atoms. The van der Waals surface area contributed by atoms with Gasteiger partial charge in [0.25, 0.3) is 17.7 Å². The first kappa shape index (κ1) is 26.9. The van der Waals surface area contributed by atoms with E-state index in [1.807, 2.05) is 0 Å². The highest BCUT2D eigenvalue weighted by Gasteiger charge is 2.48. The fraction of sp³-hybridized carbons (Fsp3) is 0.375. The number of halogens is 1. The smallest absolute Gasteiger partial charge is 0.415 e. The molecule has 0 spiro atoms. The molecular formula is C24H23ClN4O9S. The summed E-state index contributed by atoms with van der Waals surface area (Å²) in [6.07, 6.45) is -1.63. The Morgan fingerprint density at radius 1 is 1.21 bits per heavy atom. The minimum absolute atomic E-state index is 0.00707. The number of esters is 1. The number of carbonyl (C=O) groups is 5. The average Bonchev–Trinajstić information content (AvgIpc) is 3.52. The van der Waals surface area contributed by atoms with Crippen LogP contribution in [0.3, 0.4) is 0 Å². The van der Waals surface area contributed by atoms with Crippen LogP contribution in [-0.4, -0.2) is 92.9 Å². The molecule has 0 aliphatic carbocycles. The number of cyclic esters (lactones) is 1. The van der Waals surface area contributed by atoms with Crippen molar-refractivity contribution in [2.45, 2.75) is 12.1 Å². The van der Waals surface area contributed by atoms with Crippen molar-refractivity contribution in [3.8, 4) is 5.75 Å². The van der Waals surface area contributed by atoms with E-state index in [-0.39, 0.29) is 30.5 Å². The lowest BCUT2D eigenvalue weighted by Crippen LogP contribution is -2.51. The standard InChI is InChI=1S/C24H23ClN4O9S/c25-19-4-3-18(39-19)23(33)28(21(31)12-37-22(32)8-26)9-17-15-10-36-16-7-13(27-5-6-35-11-20(27)30)1-2-14(16)29(15)24(34)38-17/h1-4,7,15,17H,5-6,8-12,26H2/t15-,17-/m0/s1. The van der Waals surface area contributed by atoms with Gasteiger partial charge in [-0.25, -0.2) is 4.79 Å². The van der Waals surface area contributed by atoms with Gasteiger partial charge in [0.15, 0.2) is 6.61 Å². The second-order valence-corrected chi connectivity index (χ2v) is 10.4. The highest BCUT2D eigenvalue weighted by atomic mass is 35.5. The van der Waals surface area contributed by atoms with E-state index in [9.17, 15) is 24.0 Å². The Kier molecular flexibility index (Phi) is 7.70. The number of fused-ring (bicyclic) bond motifs is 3. The van der Waals surface area contributed by atoms with E-state index in [0.717, 1.165) is 16.2 Å². The van der Waals surface area contributed by atoms with Crippen molar-refractivity contribution in [1.29, 1.82) is 0 Å². The normalized spacial score (nSPS) is 20.1. The molecule has 2 N–H and O–H groups in total. The lowest BCUT2D eigenvalue weighted by molar-refractivity contribution is -0.150. The second kappa shape index (κ2) is 11.2. The molecule has 2 atom stereocenters. The summed E-state index contributed by atoms with van der Waals surface area (Å²) < 4.78 is 21.9. The first-order chi connectivity index (χ1) is 18.8. The van der Waals surface area contributed by atoms with Gasteiger partial charge in [0.2, 0.25) is 0 Å². The summed E-state index contributed by atoms with van der Waals surface area (Å²) in [5, 5.41) is 0. The molecule has 2 aromatic rings. The number of morpholine rings is 1. The molecule has 0 saturated carbocycles. The molecule has 15 heteroatoms. The molecule has 1 aromatic heterocycles. The van der Waals surface area contributed by atoms with Crippen molar-refractivity contribution in [3.63, 3.8) is 0 Å². The summed E-state index contributed by atoms with van der Waals surface area (Å²) in [6, 6.07) is 7.32. The Hall–Kier alpha value is -3.72. The largest absolute Gasteiger partial charge is 0.489 e. The van der Waals surface area contributed by atoms with Gasteiger partial charge in [0.1, 0.15) is 31.1 Å². The molecule has 0 radical (unpaired) electrons. The van der Waals surface area contributed by atoms with E-state index < -0.39 is 49.2 Å². The van der Waals surface area contributed by atoms with Crippen molar-refractivity contribution < 1.29 is 42.9 Å². The predicted molar refractivity (Wildman–Crippen MR) is 137 cm³/mol. The van der Waals surface area contributed by atoms with Crippen LogP contribution in [0.4, 0.5) is 16.2 Å². The molecule has 2 saturated heterocycles. The zero-order valence-corrected chi connectivity index (χ0v) is 21.9. The number of ether oxygens (including phenoxy) is 4. The van der Waals surface area contributed by atoms with Gasteiger partial charge >= 0.3 is 12.1 Å². The molecule has 1 aromatic carbocycles. The Labute approximate surface area is 230 Å². The summed E-state index contributed by atoms with van der Waals surface area (Å²) >= 11 is 6.94. The number of hydrogen-bond acceptors (Lipinski definition) is 11. The third-order valence-electron chi connectivity index (χ3n) is 6.34. The maximum Gasteiger partial charge on any atom is 0.415 e. The van der Waals surface area contributed by atoms with Gasteiger partial charge in [-0.3, -0.25) is 29.0 Å². The number of carbonyl (C=O) groups excluding carboxylic acids is 5. The first-order valence-corrected chi connectivity index (χ1v) is 13.1. The van der Waals surface area contributed by atoms with Gasteiger partial charge < -0.3 is 29.6 Å². The quantitative estimate of drug-likeness (QED) is 0.470. The number of benzene rings is 1. The van der Waals surface area contributed by atoms with Gasteiger partial charge in [-0.2, -0.15) is 0 Å². The molecule has 0 bridgehead atoms. The Morgan fingerprint density at radius 3 is 2.74 bits per heavy atom. The second-order valence-electron chi connectivity index (χ2n) is 8.70. The highest BCUT2D eigenvalue weighted by molar-refractivity contribution is 7.18. The summed E-state index contributed by atoms with van der Waals surface area (Å²) in [5.41, 5.74) is 6.26. The molecule has 13 nitrogen and oxygen atoms in total. The third-order valence-corrected chi connectivity index (χ3v) is 7.55. The molecule has 4 heterocycles. The highest BCUT2D eigenvalue weighted by Crippen LogP contribution is 2.41. The van der Waals surface area contributed by atoms with Crippen LogP contribution in [-0.2, 0) is 28.6 Å².